The standard InChI is InChI=1S/C11H8NP/c1-2-4-10-9(3-1)5-6-12-7-8-13-11(10)12/h1-8H. The fraction of sp³-hybridized carbons (Fsp3) is 0. The molecule has 2 heterocycles. The van der Waals surface area contributed by atoms with Crippen molar-refractivity contribution in [1.29, 1.82) is 0 Å². The van der Waals surface area contributed by atoms with Crippen molar-refractivity contribution in [2.45, 2.75) is 0 Å². The van der Waals surface area contributed by atoms with Gasteiger partial charge < -0.3 is 4.40 Å². The van der Waals surface area contributed by atoms with Crippen LogP contribution in [0.25, 0.3) is 16.0 Å². The highest BCUT2D eigenvalue weighted by molar-refractivity contribution is 7.35. The summed E-state index contributed by atoms with van der Waals surface area (Å²) in [6.45, 7) is 0. The SMILES string of the molecule is c1ccc2c(c1)ccn1ccpc21. The Morgan fingerprint density at radius 3 is 2.92 bits per heavy atom. The molecule has 0 amide bonds. The first kappa shape index (κ1) is 7.11. The average molecular weight is 185 g/mol. The quantitative estimate of drug-likeness (QED) is 0.503. The number of aromatic nitrogens is 1. The molecule has 2 heteroatoms. The van der Waals surface area contributed by atoms with E-state index in [1.54, 1.807) is 0 Å². The van der Waals surface area contributed by atoms with Crippen LogP contribution in [0.3, 0.4) is 0 Å². The number of nitrogens with zero attached hydrogens (tertiary/aromatic N) is 1. The summed E-state index contributed by atoms with van der Waals surface area (Å²) in [7, 11) is 1.30. The van der Waals surface area contributed by atoms with Crippen molar-refractivity contribution in [2.24, 2.45) is 0 Å². The summed E-state index contributed by atoms with van der Waals surface area (Å²) in [6.07, 6.45) is 4.23. The molecule has 0 unspecified atom stereocenters. The first-order chi connectivity index (χ1) is 6.45. The van der Waals surface area contributed by atoms with Crippen LogP contribution < -0.4 is 0 Å². The van der Waals surface area contributed by atoms with Gasteiger partial charge in [0.15, 0.2) is 0 Å². The maximum atomic E-state index is 2.18. The number of benzene rings is 1. The molecule has 0 fully saturated rings. The van der Waals surface area contributed by atoms with Crippen molar-refractivity contribution < 1.29 is 0 Å². The molecule has 0 radical (unpaired) electrons. The average Bonchev–Trinajstić information content (AvgIpc) is 2.65. The van der Waals surface area contributed by atoms with Crippen molar-refractivity contribution >= 4 is 24.2 Å². The molecule has 0 bridgehead atoms. The second-order valence-electron chi connectivity index (χ2n) is 3.06. The maximum Gasteiger partial charge on any atom is 0.0802 e. The lowest BCUT2D eigenvalue weighted by Crippen LogP contribution is -1.80. The summed E-state index contributed by atoms with van der Waals surface area (Å²) in [5.41, 5.74) is 0. The van der Waals surface area contributed by atoms with Gasteiger partial charge in [0.05, 0.1) is 5.25 Å². The first-order valence-corrected chi connectivity index (χ1v) is 5.22. The zero-order valence-corrected chi connectivity index (χ0v) is 7.91. The van der Waals surface area contributed by atoms with E-state index in [1.165, 1.54) is 24.2 Å². The zero-order chi connectivity index (χ0) is 8.67. The van der Waals surface area contributed by atoms with E-state index in [0.29, 0.717) is 0 Å². The highest BCUT2D eigenvalue weighted by Crippen LogP contribution is 2.26. The zero-order valence-electron chi connectivity index (χ0n) is 7.01. The van der Waals surface area contributed by atoms with Gasteiger partial charge in [0.25, 0.3) is 0 Å². The highest BCUT2D eigenvalue weighted by Gasteiger charge is 1.97. The molecule has 0 aliphatic rings. The van der Waals surface area contributed by atoms with E-state index in [1.807, 2.05) is 0 Å². The third-order valence-corrected chi connectivity index (χ3v) is 3.28. The van der Waals surface area contributed by atoms with E-state index >= 15 is 0 Å². The second-order valence-corrected chi connectivity index (χ2v) is 4.04. The van der Waals surface area contributed by atoms with Gasteiger partial charge in [-0.2, -0.15) is 0 Å². The Morgan fingerprint density at radius 1 is 1.00 bits per heavy atom. The molecule has 62 valence electrons. The Hall–Kier alpha value is -1.33. The molecule has 3 aromatic rings. The number of fused-ring (bicyclic) bond motifs is 3. The lowest BCUT2D eigenvalue weighted by Gasteiger charge is -1.99. The number of rotatable bonds is 0. The number of hydrogen-bond acceptors (Lipinski definition) is 0. The van der Waals surface area contributed by atoms with Crippen LogP contribution in [0.5, 0.6) is 0 Å². The van der Waals surface area contributed by atoms with E-state index in [9.17, 15) is 0 Å². The van der Waals surface area contributed by atoms with Crippen molar-refractivity contribution in [3.05, 3.63) is 48.5 Å². The Kier molecular flexibility index (Phi) is 1.41. The van der Waals surface area contributed by atoms with Gasteiger partial charge in [-0.15, -0.1) is 0 Å². The minimum absolute atomic E-state index is 1.30. The molecule has 0 aliphatic heterocycles. The third-order valence-electron chi connectivity index (χ3n) is 2.29. The summed E-state index contributed by atoms with van der Waals surface area (Å²) in [4.78, 5) is 0. The molecule has 0 atom stereocenters. The molecule has 0 N–H and O–H groups in total. The highest BCUT2D eigenvalue weighted by atomic mass is 31.0. The predicted molar refractivity (Wildman–Crippen MR) is 57.4 cm³/mol. The summed E-state index contributed by atoms with van der Waals surface area (Å²) in [6, 6.07) is 10.7. The van der Waals surface area contributed by atoms with Crippen LogP contribution in [0.4, 0.5) is 0 Å². The molecule has 1 aromatic carbocycles. The smallest absolute Gasteiger partial charge is 0.0802 e. The third kappa shape index (κ3) is 0.976. The maximum absolute atomic E-state index is 2.18. The van der Waals surface area contributed by atoms with Gasteiger partial charge in [0.2, 0.25) is 0 Å². The normalized spacial score (nSPS) is 11.7. The van der Waals surface area contributed by atoms with Crippen molar-refractivity contribution in [3.8, 4) is 0 Å². The van der Waals surface area contributed by atoms with Crippen LogP contribution in [0.2, 0.25) is 0 Å². The molecule has 0 saturated carbocycles. The second kappa shape index (κ2) is 2.58. The molecule has 1 nitrogen and oxygen atoms in total. The van der Waals surface area contributed by atoms with Crippen LogP contribution in [0.1, 0.15) is 0 Å². The first-order valence-electron chi connectivity index (χ1n) is 4.25. The molecule has 0 aliphatic carbocycles. The van der Waals surface area contributed by atoms with Gasteiger partial charge in [-0.1, -0.05) is 24.3 Å². The molecule has 13 heavy (non-hydrogen) atoms. The minimum Gasteiger partial charge on any atom is -0.319 e. The van der Waals surface area contributed by atoms with Gasteiger partial charge in [0, 0.05) is 17.8 Å². The molecule has 3 rings (SSSR count). The van der Waals surface area contributed by atoms with E-state index in [0.717, 1.165) is 0 Å². The van der Waals surface area contributed by atoms with Gasteiger partial charge in [-0.05, 0) is 25.4 Å². The van der Waals surface area contributed by atoms with Crippen molar-refractivity contribution in [3.63, 3.8) is 0 Å². The van der Waals surface area contributed by atoms with Crippen LogP contribution in [0.15, 0.2) is 48.5 Å². The summed E-state index contributed by atoms with van der Waals surface area (Å²) >= 11 is 0. The van der Waals surface area contributed by atoms with Gasteiger partial charge >= 0.3 is 0 Å². The summed E-state index contributed by atoms with van der Waals surface area (Å²) in [5, 5.41) is 4.06. The molecule has 0 saturated heterocycles. The fourth-order valence-electron chi connectivity index (χ4n) is 1.65. The largest absolute Gasteiger partial charge is 0.319 e. The topological polar surface area (TPSA) is 4.41 Å². The van der Waals surface area contributed by atoms with E-state index in [2.05, 4.69) is 52.9 Å². The van der Waals surface area contributed by atoms with Crippen molar-refractivity contribution in [1.82, 2.24) is 4.40 Å². The van der Waals surface area contributed by atoms with Gasteiger partial charge in [0.1, 0.15) is 0 Å². The van der Waals surface area contributed by atoms with E-state index in [-0.39, 0.29) is 0 Å². The van der Waals surface area contributed by atoms with E-state index < -0.39 is 0 Å². The van der Waals surface area contributed by atoms with Gasteiger partial charge in [-0.3, -0.25) is 0 Å². The number of pyridine rings is 1. The van der Waals surface area contributed by atoms with Gasteiger partial charge in [-0.25, -0.2) is 0 Å². The van der Waals surface area contributed by atoms with Crippen LogP contribution in [-0.2, 0) is 0 Å². The summed E-state index contributed by atoms with van der Waals surface area (Å²) < 4.78 is 2.18. The van der Waals surface area contributed by atoms with Crippen LogP contribution in [0, 0.1) is 0 Å². The molecular weight excluding hydrogens is 177 g/mol. The lowest BCUT2D eigenvalue weighted by atomic mass is 10.2. The molecular formula is C11H8NP. The Balaban J connectivity index is 2.65. The Morgan fingerprint density at radius 2 is 1.92 bits per heavy atom. The monoisotopic (exact) mass is 185 g/mol. The van der Waals surface area contributed by atoms with Crippen LogP contribution >= 0.6 is 8.19 Å². The van der Waals surface area contributed by atoms with Crippen molar-refractivity contribution in [2.75, 3.05) is 0 Å². The Bertz CT molecular complexity index is 568. The fourth-order valence-corrected chi connectivity index (χ4v) is 2.61. The molecule has 2 aromatic heterocycles. The minimum atomic E-state index is 1.30. The summed E-state index contributed by atoms with van der Waals surface area (Å²) in [5.74, 6) is 2.17. The lowest BCUT2D eigenvalue weighted by molar-refractivity contribution is 1.22. The molecule has 0 spiro atoms. The van der Waals surface area contributed by atoms with E-state index in [4.69, 9.17) is 0 Å². The van der Waals surface area contributed by atoms with Crippen LogP contribution in [-0.4, -0.2) is 4.40 Å². The number of hydrogen-bond donors (Lipinski definition) is 0. The Labute approximate surface area is 77.7 Å². The predicted octanol–water partition coefficient (Wildman–Crippen LogP) is 3.67.